The normalized spacial score (nSPS) is 20.0. The van der Waals surface area contributed by atoms with E-state index in [0.717, 1.165) is 32.5 Å². The van der Waals surface area contributed by atoms with Crippen LogP contribution in [0.1, 0.15) is 26.7 Å². The summed E-state index contributed by atoms with van der Waals surface area (Å²) < 4.78 is 1.76. The lowest BCUT2D eigenvalue weighted by Crippen LogP contribution is -2.41. The first-order valence-corrected chi connectivity index (χ1v) is 7.51. The number of halogens is 1. The molecule has 0 aliphatic carbocycles. The third-order valence-electron chi connectivity index (χ3n) is 3.49. The second kappa shape index (κ2) is 6.42. The third kappa shape index (κ3) is 3.50. The Kier molecular flexibility index (Phi) is 4.86. The minimum atomic E-state index is 0.0198. The number of hydrogen-bond acceptors (Lipinski definition) is 3. The van der Waals surface area contributed by atoms with Crippen molar-refractivity contribution in [2.24, 2.45) is 11.8 Å². The molecular weight excluding hydrogens is 262 g/mol. The Morgan fingerprint density at radius 3 is 3.00 bits per heavy atom. The fourth-order valence-corrected chi connectivity index (χ4v) is 2.83. The molecule has 2 heterocycles. The topological polar surface area (TPSA) is 38.1 Å². The highest BCUT2D eigenvalue weighted by atomic mass is 35.5. The fourth-order valence-electron chi connectivity index (χ4n) is 2.57. The summed E-state index contributed by atoms with van der Waals surface area (Å²) in [5, 5.41) is 0. The van der Waals surface area contributed by atoms with Crippen LogP contribution in [0.5, 0.6) is 0 Å². The molecule has 1 aromatic heterocycles. The van der Waals surface area contributed by atoms with Gasteiger partial charge >= 0.3 is 0 Å². The van der Waals surface area contributed by atoms with Gasteiger partial charge in [-0.3, -0.25) is 4.79 Å². The smallest absolute Gasteiger partial charge is 0.293 e. The molecule has 1 atom stereocenters. The van der Waals surface area contributed by atoms with Crippen LogP contribution in [0.25, 0.3) is 0 Å². The van der Waals surface area contributed by atoms with E-state index in [2.05, 4.69) is 23.7 Å². The van der Waals surface area contributed by atoms with Crippen molar-refractivity contribution in [2.75, 3.05) is 23.9 Å². The molecule has 1 unspecified atom stereocenters. The molecule has 0 amide bonds. The molecule has 4 nitrogen and oxygen atoms in total. The maximum atomic E-state index is 12.4. The Morgan fingerprint density at radius 2 is 2.32 bits per heavy atom. The van der Waals surface area contributed by atoms with Crippen LogP contribution in [0.2, 0.25) is 0 Å². The fraction of sp³-hybridized carbons (Fsp3) is 0.714. The van der Waals surface area contributed by atoms with Gasteiger partial charge in [-0.2, -0.15) is 0 Å². The molecule has 0 saturated carbocycles. The standard InChI is InChI=1S/C14H22ClN3O/c1-11(2)9-18-7-5-16-13(14(18)19)17-6-3-4-12(8-15)10-17/h5,7,11-12H,3-4,6,8-10H2,1-2H3. The number of anilines is 1. The highest BCUT2D eigenvalue weighted by molar-refractivity contribution is 6.18. The lowest BCUT2D eigenvalue weighted by molar-refractivity contribution is 0.444. The molecule has 0 aromatic carbocycles. The van der Waals surface area contributed by atoms with Crippen LogP contribution in [-0.4, -0.2) is 28.5 Å². The van der Waals surface area contributed by atoms with Crippen LogP contribution in [0.3, 0.4) is 0 Å². The van der Waals surface area contributed by atoms with Gasteiger partial charge in [0, 0.05) is 37.9 Å². The average molecular weight is 284 g/mol. The van der Waals surface area contributed by atoms with Crippen LogP contribution in [0, 0.1) is 11.8 Å². The number of nitrogens with zero attached hydrogens (tertiary/aromatic N) is 3. The van der Waals surface area contributed by atoms with E-state index in [1.807, 2.05) is 0 Å². The summed E-state index contributed by atoms with van der Waals surface area (Å²) in [6.45, 7) is 6.70. The van der Waals surface area contributed by atoms with Crippen LogP contribution in [0.15, 0.2) is 17.2 Å². The van der Waals surface area contributed by atoms with Crippen molar-refractivity contribution in [2.45, 2.75) is 33.2 Å². The van der Waals surface area contributed by atoms with Crippen molar-refractivity contribution < 1.29 is 0 Å². The van der Waals surface area contributed by atoms with Crippen molar-refractivity contribution >= 4 is 17.4 Å². The summed E-state index contributed by atoms with van der Waals surface area (Å²) in [4.78, 5) is 18.8. The minimum Gasteiger partial charge on any atom is -0.352 e. The molecule has 2 rings (SSSR count). The molecule has 0 N–H and O–H groups in total. The van der Waals surface area contributed by atoms with Crippen molar-refractivity contribution in [1.29, 1.82) is 0 Å². The molecule has 0 bridgehead atoms. The number of alkyl halides is 1. The Bertz CT molecular complexity index is 472. The van der Waals surface area contributed by atoms with Crippen molar-refractivity contribution in [1.82, 2.24) is 9.55 Å². The molecule has 1 saturated heterocycles. The molecule has 106 valence electrons. The van der Waals surface area contributed by atoms with E-state index in [9.17, 15) is 4.79 Å². The number of rotatable bonds is 4. The summed E-state index contributed by atoms with van der Waals surface area (Å²) in [5.41, 5.74) is 0.0198. The first-order chi connectivity index (χ1) is 9.11. The van der Waals surface area contributed by atoms with E-state index in [-0.39, 0.29) is 5.56 Å². The van der Waals surface area contributed by atoms with Gasteiger partial charge in [-0.05, 0) is 24.7 Å². The van der Waals surface area contributed by atoms with Gasteiger partial charge in [0.1, 0.15) is 0 Å². The van der Waals surface area contributed by atoms with Gasteiger partial charge in [-0.15, -0.1) is 11.6 Å². The lowest BCUT2D eigenvalue weighted by atomic mass is 10.0. The Hall–Kier alpha value is -1.03. The van der Waals surface area contributed by atoms with Gasteiger partial charge in [0.25, 0.3) is 5.56 Å². The number of hydrogen-bond donors (Lipinski definition) is 0. The Balaban J connectivity index is 2.22. The third-order valence-corrected chi connectivity index (χ3v) is 3.93. The number of piperidine rings is 1. The zero-order valence-corrected chi connectivity index (χ0v) is 12.4. The second-order valence-corrected chi connectivity index (χ2v) is 6.02. The predicted octanol–water partition coefficient (Wildman–Crippen LogP) is 2.35. The summed E-state index contributed by atoms with van der Waals surface area (Å²) in [7, 11) is 0. The largest absolute Gasteiger partial charge is 0.352 e. The van der Waals surface area contributed by atoms with Gasteiger partial charge < -0.3 is 9.47 Å². The van der Waals surface area contributed by atoms with Crippen molar-refractivity contribution in [3.8, 4) is 0 Å². The van der Waals surface area contributed by atoms with Gasteiger partial charge in [-0.25, -0.2) is 4.98 Å². The molecule has 1 fully saturated rings. The quantitative estimate of drug-likeness (QED) is 0.796. The molecule has 0 radical (unpaired) electrons. The van der Waals surface area contributed by atoms with Crippen molar-refractivity contribution in [3.63, 3.8) is 0 Å². The van der Waals surface area contributed by atoms with E-state index < -0.39 is 0 Å². The zero-order chi connectivity index (χ0) is 13.8. The highest BCUT2D eigenvalue weighted by Crippen LogP contribution is 2.20. The summed E-state index contributed by atoms with van der Waals surface area (Å²) in [6, 6.07) is 0. The molecule has 1 aliphatic heterocycles. The summed E-state index contributed by atoms with van der Waals surface area (Å²) in [6.07, 6.45) is 5.73. The predicted molar refractivity (Wildman–Crippen MR) is 79.0 cm³/mol. The second-order valence-electron chi connectivity index (χ2n) is 5.71. The monoisotopic (exact) mass is 283 g/mol. The Morgan fingerprint density at radius 1 is 1.53 bits per heavy atom. The minimum absolute atomic E-state index is 0.0198. The van der Waals surface area contributed by atoms with Crippen LogP contribution >= 0.6 is 11.6 Å². The van der Waals surface area contributed by atoms with Gasteiger partial charge in [0.2, 0.25) is 0 Å². The summed E-state index contributed by atoms with van der Waals surface area (Å²) in [5.74, 6) is 2.15. The first-order valence-electron chi connectivity index (χ1n) is 6.98. The lowest BCUT2D eigenvalue weighted by Gasteiger charge is -2.32. The molecule has 1 aliphatic rings. The highest BCUT2D eigenvalue weighted by Gasteiger charge is 2.22. The number of aromatic nitrogens is 2. The average Bonchev–Trinajstić information content (AvgIpc) is 2.41. The maximum absolute atomic E-state index is 12.4. The Labute approximate surface area is 119 Å². The van der Waals surface area contributed by atoms with Crippen LogP contribution < -0.4 is 10.5 Å². The molecule has 0 spiro atoms. The van der Waals surface area contributed by atoms with E-state index >= 15 is 0 Å². The first kappa shape index (κ1) is 14.4. The van der Waals surface area contributed by atoms with Crippen LogP contribution in [0.4, 0.5) is 5.82 Å². The molecule has 1 aromatic rings. The molecule has 5 heteroatoms. The van der Waals surface area contributed by atoms with Gasteiger partial charge in [-0.1, -0.05) is 13.8 Å². The zero-order valence-electron chi connectivity index (χ0n) is 11.7. The SMILES string of the molecule is CC(C)Cn1ccnc(N2CCCC(CCl)C2)c1=O. The van der Waals surface area contributed by atoms with E-state index in [1.165, 1.54) is 0 Å². The van der Waals surface area contributed by atoms with Gasteiger partial charge in [0.05, 0.1) is 0 Å². The van der Waals surface area contributed by atoms with E-state index in [0.29, 0.717) is 23.5 Å². The van der Waals surface area contributed by atoms with Crippen LogP contribution in [-0.2, 0) is 6.54 Å². The molecule has 19 heavy (non-hydrogen) atoms. The van der Waals surface area contributed by atoms with E-state index in [1.54, 1.807) is 17.0 Å². The van der Waals surface area contributed by atoms with E-state index in [4.69, 9.17) is 11.6 Å². The van der Waals surface area contributed by atoms with Crippen molar-refractivity contribution in [3.05, 3.63) is 22.7 Å². The maximum Gasteiger partial charge on any atom is 0.293 e. The summed E-state index contributed by atoms with van der Waals surface area (Å²) >= 11 is 5.94. The van der Waals surface area contributed by atoms with Gasteiger partial charge in [0.15, 0.2) is 5.82 Å². The molecular formula is C14H22ClN3O.